The number of esters is 1. The van der Waals surface area contributed by atoms with Gasteiger partial charge in [-0.15, -0.1) is 0 Å². The van der Waals surface area contributed by atoms with Crippen molar-refractivity contribution in [3.63, 3.8) is 0 Å². The number of amides is 1. The van der Waals surface area contributed by atoms with Gasteiger partial charge in [-0.3, -0.25) is 9.59 Å². The van der Waals surface area contributed by atoms with Gasteiger partial charge in [-0.25, -0.2) is 0 Å². The zero-order chi connectivity index (χ0) is 29.5. The van der Waals surface area contributed by atoms with E-state index in [1.165, 1.54) is 49.2 Å². The highest BCUT2D eigenvalue weighted by atomic mass is 19.4. The van der Waals surface area contributed by atoms with Crippen LogP contribution in [-0.4, -0.2) is 60.5 Å². The lowest BCUT2D eigenvalue weighted by Crippen LogP contribution is -2.71. The fraction of sp³-hybridized carbons (Fsp3) is 0.576. The number of alkyl halides is 3. The molecule has 4 aliphatic carbocycles. The number of nitrogens with zero attached hydrogens (tertiary/aromatic N) is 1. The predicted octanol–water partition coefficient (Wildman–Crippen LogP) is 5.67. The van der Waals surface area contributed by atoms with Crippen LogP contribution in [0.1, 0.15) is 57.4 Å². The summed E-state index contributed by atoms with van der Waals surface area (Å²) < 4.78 is 57.1. The van der Waals surface area contributed by atoms with Gasteiger partial charge in [0.15, 0.2) is 17.1 Å². The van der Waals surface area contributed by atoms with E-state index in [-0.39, 0.29) is 23.0 Å². The second-order valence-electron chi connectivity index (χ2n) is 13.5. The van der Waals surface area contributed by atoms with E-state index in [4.69, 9.17) is 9.47 Å². The fourth-order valence-corrected chi connectivity index (χ4v) is 9.47. The molecule has 1 aromatic rings. The predicted molar refractivity (Wildman–Crippen MR) is 149 cm³/mol. The Kier molecular flexibility index (Phi) is 6.34. The van der Waals surface area contributed by atoms with Crippen LogP contribution in [-0.2, 0) is 19.1 Å². The largest absolute Gasteiger partial charge is 0.425 e. The number of quaternary nitrogens is 1. The fourth-order valence-electron chi connectivity index (χ4n) is 9.47. The Hall–Kier alpha value is -2.91. The molecule has 9 heteroatoms. The molecule has 3 unspecified atom stereocenters. The molecule has 1 spiro atoms. The normalized spacial score (nSPS) is 38.6. The molecule has 6 aliphatic rings. The third kappa shape index (κ3) is 4.21. The van der Waals surface area contributed by atoms with E-state index < -0.39 is 35.1 Å². The van der Waals surface area contributed by atoms with Crippen molar-refractivity contribution in [2.45, 2.75) is 75.9 Å². The van der Waals surface area contributed by atoms with E-state index >= 15 is 0 Å². The number of ether oxygens (including phenoxy) is 2. The van der Waals surface area contributed by atoms with Crippen molar-refractivity contribution in [3.05, 3.63) is 65.3 Å². The molecule has 0 radical (unpaired) electrons. The molecule has 6 nitrogen and oxygen atoms in total. The highest BCUT2D eigenvalue weighted by Crippen LogP contribution is 2.69. The average Bonchev–Trinajstić information content (AvgIpc) is 3.68. The van der Waals surface area contributed by atoms with E-state index in [1.54, 1.807) is 12.1 Å². The number of halogens is 3. The van der Waals surface area contributed by atoms with Crippen LogP contribution in [0.5, 0.6) is 0 Å². The van der Waals surface area contributed by atoms with E-state index in [1.807, 2.05) is 6.08 Å². The van der Waals surface area contributed by atoms with Crippen LogP contribution in [0.3, 0.4) is 0 Å². The number of hydrogen-bond donors (Lipinski definition) is 1. The SMILES string of the molecule is CC(=O)OC(=C(C(=O)NC12C=CC=C3C[C@@H]4[C@@H]5CCC[C@H](O1)[C@]5(CC[N+]4(C)CC1CC1)C32)C(F)(F)F)c1ccccc1. The summed E-state index contributed by atoms with van der Waals surface area (Å²) in [6, 6.07) is 7.94. The minimum absolute atomic E-state index is 0.00683. The van der Waals surface area contributed by atoms with E-state index in [0.717, 1.165) is 56.0 Å². The van der Waals surface area contributed by atoms with Gasteiger partial charge in [0.25, 0.3) is 5.91 Å². The number of rotatable bonds is 6. The van der Waals surface area contributed by atoms with Crippen LogP contribution < -0.4 is 5.32 Å². The van der Waals surface area contributed by atoms with Gasteiger partial charge >= 0.3 is 12.1 Å². The summed E-state index contributed by atoms with van der Waals surface area (Å²) in [6.45, 7) is 3.24. The third-order valence-corrected chi connectivity index (χ3v) is 11.1. The molecule has 0 aromatic heterocycles. The molecule has 2 saturated heterocycles. The van der Waals surface area contributed by atoms with Gasteiger partial charge in [0.1, 0.15) is 0 Å². The van der Waals surface area contributed by atoms with E-state index in [9.17, 15) is 22.8 Å². The van der Waals surface area contributed by atoms with Gasteiger partial charge in [0, 0.05) is 48.5 Å². The standard InChI is InChI=1S/C33H37F3N2O4/c1-20(39)41-28(22-8-4-3-5-9-22)27(33(34,35)36)30(40)37-32-15-7-10-23-18-25-24-11-6-12-26(42-32)31(24,29(23)32)16-17-38(25,2)19-21-13-14-21/h3-5,7-10,15,21,24-26,29H,6,11-14,16-19H2,1-2H3/p+1/t24-,25+,26-,29?,31+,32?,38?/m0/s1. The Labute approximate surface area is 244 Å². The van der Waals surface area contributed by atoms with E-state index in [0.29, 0.717) is 12.0 Å². The maximum atomic E-state index is 14.7. The number of likely N-dealkylation sites (tertiary alicyclic amines) is 1. The first-order chi connectivity index (χ1) is 20.0. The van der Waals surface area contributed by atoms with Gasteiger partial charge in [0.05, 0.1) is 32.3 Å². The molecule has 7 rings (SSSR count). The molecule has 2 bridgehead atoms. The Morgan fingerprint density at radius 1 is 1.14 bits per heavy atom. The summed E-state index contributed by atoms with van der Waals surface area (Å²) in [5.41, 5.74) is -2.00. The van der Waals surface area contributed by atoms with Gasteiger partial charge in [-0.1, -0.05) is 54.5 Å². The monoisotopic (exact) mass is 583 g/mol. The summed E-state index contributed by atoms with van der Waals surface area (Å²) in [7, 11) is 2.41. The van der Waals surface area contributed by atoms with Crippen LogP contribution >= 0.6 is 0 Å². The third-order valence-electron chi connectivity index (χ3n) is 11.1. The lowest BCUT2D eigenvalue weighted by molar-refractivity contribution is -0.948. The maximum absolute atomic E-state index is 14.7. The lowest BCUT2D eigenvalue weighted by atomic mass is 9.46. The second kappa shape index (κ2) is 9.55. The van der Waals surface area contributed by atoms with Crippen LogP contribution in [0, 0.1) is 23.2 Å². The van der Waals surface area contributed by atoms with Crippen LogP contribution in [0.2, 0.25) is 0 Å². The molecule has 42 heavy (non-hydrogen) atoms. The molecular formula is C33H38F3N2O4+. The van der Waals surface area contributed by atoms with Crippen molar-refractivity contribution in [2.24, 2.45) is 23.2 Å². The second-order valence-corrected chi connectivity index (χ2v) is 13.5. The molecule has 1 N–H and O–H groups in total. The van der Waals surface area contributed by atoms with E-state index in [2.05, 4.69) is 18.4 Å². The maximum Gasteiger partial charge on any atom is 0.425 e. The number of allylic oxidation sites excluding steroid dienone is 2. The van der Waals surface area contributed by atoms with Gasteiger partial charge in [0.2, 0.25) is 0 Å². The van der Waals surface area contributed by atoms with Crippen molar-refractivity contribution in [2.75, 3.05) is 20.1 Å². The van der Waals surface area contributed by atoms with Gasteiger partial charge < -0.3 is 19.3 Å². The van der Waals surface area contributed by atoms with Crippen molar-refractivity contribution >= 4 is 17.6 Å². The summed E-state index contributed by atoms with van der Waals surface area (Å²) in [6.07, 6.45) is 7.78. The summed E-state index contributed by atoms with van der Waals surface area (Å²) in [5, 5.41) is 2.76. The lowest BCUT2D eigenvalue weighted by Gasteiger charge is -2.64. The zero-order valence-electron chi connectivity index (χ0n) is 24.1. The molecule has 7 atom stereocenters. The Morgan fingerprint density at radius 2 is 1.90 bits per heavy atom. The molecule has 224 valence electrons. The number of benzene rings is 1. The topological polar surface area (TPSA) is 64.6 Å². The molecule has 2 heterocycles. The summed E-state index contributed by atoms with van der Waals surface area (Å²) in [5.74, 6) is -2.15. The quantitative estimate of drug-likeness (QED) is 0.203. The number of carbonyl (C=O) groups excluding carboxylic acids is 2. The number of piperidine rings is 1. The Morgan fingerprint density at radius 3 is 2.60 bits per heavy atom. The minimum Gasteiger partial charge on any atom is -0.425 e. The average molecular weight is 584 g/mol. The first-order valence-corrected chi connectivity index (χ1v) is 15.2. The minimum atomic E-state index is -5.09. The van der Waals surface area contributed by atoms with Crippen molar-refractivity contribution in [1.82, 2.24) is 5.32 Å². The first kappa shape index (κ1) is 27.9. The molecule has 1 amide bonds. The van der Waals surface area contributed by atoms with Crippen LogP contribution in [0.25, 0.3) is 5.76 Å². The first-order valence-electron chi connectivity index (χ1n) is 15.2. The number of hydrogen-bond acceptors (Lipinski definition) is 4. The smallest absolute Gasteiger partial charge is 0.425 e. The van der Waals surface area contributed by atoms with Crippen LogP contribution in [0.15, 0.2) is 59.7 Å². The van der Waals surface area contributed by atoms with Crippen molar-refractivity contribution < 1.29 is 36.7 Å². The number of carbonyl (C=O) groups is 2. The van der Waals surface area contributed by atoms with Gasteiger partial charge in [-0.05, 0) is 31.8 Å². The highest BCUT2D eigenvalue weighted by molar-refractivity contribution is 6.03. The molecular weight excluding hydrogens is 545 g/mol. The molecule has 1 aromatic carbocycles. The molecule has 2 aliphatic heterocycles. The Balaban J connectivity index is 1.29. The summed E-state index contributed by atoms with van der Waals surface area (Å²) in [4.78, 5) is 25.8. The summed E-state index contributed by atoms with van der Waals surface area (Å²) >= 11 is 0. The van der Waals surface area contributed by atoms with Crippen LogP contribution in [0.4, 0.5) is 13.2 Å². The Bertz CT molecular complexity index is 1400. The van der Waals surface area contributed by atoms with Crippen molar-refractivity contribution in [1.29, 1.82) is 0 Å². The highest BCUT2D eigenvalue weighted by Gasteiger charge is 2.75. The number of nitrogens with one attached hydrogen (secondary N) is 1. The van der Waals surface area contributed by atoms with Crippen molar-refractivity contribution in [3.8, 4) is 0 Å². The molecule has 5 fully saturated rings. The molecule has 3 saturated carbocycles. The van der Waals surface area contributed by atoms with Gasteiger partial charge in [-0.2, -0.15) is 13.2 Å². The zero-order valence-corrected chi connectivity index (χ0v) is 24.1.